The van der Waals surface area contributed by atoms with E-state index in [2.05, 4.69) is 18.8 Å². The molecule has 0 aliphatic carbocycles. The molecule has 6 nitrogen and oxygen atoms in total. The van der Waals surface area contributed by atoms with E-state index in [1.807, 2.05) is 19.1 Å². The normalized spacial score (nSPS) is 29.2. The van der Waals surface area contributed by atoms with E-state index in [9.17, 15) is 14.7 Å². The van der Waals surface area contributed by atoms with E-state index < -0.39 is 23.9 Å². The van der Waals surface area contributed by atoms with Gasteiger partial charge in [-0.1, -0.05) is 49.4 Å². The second-order valence-corrected chi connectivity index (χ2v) is 7.97. The van der Waals surface area contributed by atoms with Gasteiger partial charge in [0.15, 0.2) is 5.79 Å². The van der Waals surface area contributed by atoms with Crippen molar-refractivity contribution in [3.8, 4) is 0 Å². The van der Waals surface area contributed by atoms with E-state index in [-0.39, 0.29) is 17.8 Å². The maximum absolute atomic E-state index is 12.2. The molecule has 4 atom stereocenters. The minimum Gasteiger partial charge on any atom is -0.458 e. The Kier molecular flexibility index (Phi) is 8.54. The second kappa shape index (κ2) is 10.6. The number of aliphatic hydroxyl groups is 1. The molecular weight excluding hydrogens is 378 g/mol. The van der Waals surface area contributed by atoms with Crippen LogP contribution in [0.15, 0.2) is 43.0 Å². The number of amides is 1. The van der Waals surface area contributed by atoms with E-state index in [4.69, 9.17) is 9.47 Å². The summed E-state index contributed by atoms with van der Waals surface area (Å²) in [4.78, 5) is 23.5. The highest BCUT2D eigenvalue weighted by Crippen LogP contribution is 2.35. The van der Waals surface area contributed by atoms with Gasteiger partial charge < -0.3 is 19.9 Å². The van der Waals surface area contributed by atoms with Crippen LogP contribution in [0.3, 0.4) is 0 Å². The van der Waals surface area contributed by atoms with Crippen LogP contribution < -0.4 is 5.32 Å². The Morgan fingerprint density at radius 3 is 2.71 bits per heavy atom. The van der Waals surface area contributed by atoms with Crippen molar-refractivity contribution in [2.45, 2.75) is 63.6 Å². The fraction of sp³-hybridized carbons (Fsp3) is 0.524. The van der Waals surface area contributed by atoms with Gasteiger partial charge in [0.25, 0.3) is 5.24 Å². The molecule has 0 saturated carbocycles. The molecule has 7 heteroatoms. The number of rotatable bonds is 5. The number of hydrogen-bond donors (Lipinski definition) is 2. The molecule has 1 aromatic carbocycles. The number of carbonyl (C=O) groups excluding carboxylic acids is 2. The maximum atomic E-state index is 12.2. The highest BCUT2D eigenvalue weighted by Gasteiger charge is 2.48. The van der Waals surface area contributed by atoms with Crippen LogP contribution in [0.2, 0.25) is 0 Å². The Balaban J connectivity index is 0.000000500. The first-order valence-corrected chi connectivity index (χ1v) is 10.6. The predicted octanol–water partition coefficient (Wildman–Crippen LogP) is 3.90. The number of benzene rings is 1. The molecule has 154 valence electrons. The lowest BCUT2D eigenvalue weighted by molar-refractivity contribution is -0.277. The minimum atomic E-state index is -1.52. The molecule has 1 aromatic rings. The molecule has 0 unspecified atom stereocenters. The molecule has 28 heavy (non-hydrogen) atoms. The Hall–Kier alpha value is -1.83. The quantitative estimate of drug-likeness (QED) is 0.569. The van der Waals surface area contributed by atoms with Crippen molar-refractivity contribution in [1.82, 2.24) is 5.32 Å². The molecule has 0 aromatic heterocycles. The molecule has 2 aliphatic heterocycles. The van der Waals surface area contributed by atoms with Gasteiger partial charge in [-0.2, -0.15) is 0 Å². The zero-order valence-electron chi connectivity index (χ0n) is 16.4. The van der Waals surface area contributed by atoms with Gasteiger partial charge in [0, 0.05) is 18.6 Å². The van der Waals surface area contributed by atoms with Crippen molar-refractivity contribution in [3.63, 3.8) is 0 Å². The molecule has 2 heterocycles. The van der Waals surface area contributed by atoms with Crippen molar-refractivity contribution in [2.24, 2.45) is 0 Å². The van der Waals surface area contributed by atoms with Gasteiger partial charge in [-0.05, 0) is 25.5 Å². The van der Waals surface area contributed by atoms with Gasteiger partial charge in [-0.25, -0.2) is 4.79 Å². The SMILES string of the molecule is C=CCCC.C[C@@H]1C[C@@H](OC(=O)c2ccccc2)C[C@](O)([C@@H]2CSC(=O)N2)O1. The van der Waals surface area contributed by atoms with E-state index in [1.54, 1.807) is 24.3 Å². The van der Waals surface area contributed by atoms with Crippen molar-refractivity contribution >= 4 is 23.0 Å². The number of thioether (sulfide) groups is 1. The zero-order chi connectivity index (χ0) is 20.6. The molecular formula is C21H29NO5S. The summed E-state index contributed by atoms with van der Waals surface area (Å²) in [6.45, 7) is 7.51. The molecule has 0 spiro atoms. The number of allylic oxidation sites excluding steroid dienone is 1. The zero-order valence-corrected chi connectivity index (χ0v) is 17.2. The number of esters is 1. The van der Waals surface area contributed by atoms with Crippen molar-refractivity contribution < 1.29 is 24.2 Å². The van der Waals surface area contributed by atoms with Gasteiger partial charge in [-0.3, -0.25) is 4.79 Å². The monoisotopic (exact) mass is 407 g/mol. The summed E-state index contributed by atoms with van der Waals surface area (Å²) in [7, 11) is 0. The summed E-state index contributed by atoms with van der Waals surface area (Å²) < 4.78 is 11.2. The van der Waals surface area contributed by atoms with Crippen LogP contribution >= 0.6 is 11.8 Å². The number of unbranched alkanes of at least 4 members (excludes halogenated alkanes) is 1. The Bertz CT molecular complexity index is 668. The summed E-state index contributed by atoms with van der Waals surface area (Å²) in [5, 5.41) is 13.3. The lowest BCUT2D eigenvalue weighted by Gasteiger charge is -2.42. The highest BCUT2D eigenvalue weighted by molar-refractivity contribution is 8.14. The van der Waals surface area contributed by atoms with Gasteiger partial charge in [-0.15, -0.1) is 6.58 Å². The summed E-state index contributed by atoms with van der Waals surface area (Å²) in [6, 6.07) is 8.24. The molecule has 3 rings (SSSR count). The van der Waals surface area contributed by atoms with Gasteiger partial charge in [0.2, 0.25) is 0 Å². The first kappa shape index (κ1) is 22.5. The van der Waals surface area contributed by atoms with Gasteiger partial charge in [0.1, 0.15) is 6.10 Å². The fourth-order valence-electron chi connectivity index (χ4n) is 3.16. The van der Waals surface area contributed by atoms with Crippen LogP contribution in [-0.4, -0.2) is 46.1 Å². The van der Waals surface area contributed by atoms with Crippen LogP contribution in [0.4, 0.5) is 4.79 Å². The third-order valence-electron chi connectivity index (χ3n) is 4.51. The molecule has 0 radical (unpaired) electrons. The summed E-state index contributed by atoms with van der Waals surface area (Å²) in [6.07, 6.45) is 4.23. The summed E-state index contributed by atoms with van der Waals surface area (Å²) in [5.74, 6) is -1.50. The summed E-state index contributed by atoms with van der Waals surface area (Å²) in [5.41, 5.74) is 0.472. The average molecular weight is 408 g/mol. The van der Waals surface area contributed by atoms with Crippen LogP contribution in [0.1, 0.15) is 49.9 Å². The van der Waals surface area contributed by atoms with E-state index in [0.717, 1.165) is 18.2 Å². The molecule has 2 fully saturated rings. The van der Waals surface area contributed by atoms with Crippen molar-refractivity contribution in [2.75, 3.05) is 5.75 Å². The lowest BCUT2D eigenvalue weighted by atomic mass is 9.94. The first-order chi connectivity index (χ1) is 13.4. The Labute approximate surface area is 170 Å². The smallest absolute Gasteiger partial charge is 0.338 e. The van der Waals surface area contributed by atoms with Gasteiger partial charge >= 0.3 is 5.97 Å². The Morgan fingerprint density at radius 1 is 1.46 bits per heavy atom. The molecule has 1 amide bonds. The van der Waals surface area contributed by atoms with Crippen LogP contribution in [0.5, 0.6) is 0 Å². The molecule has 2 N–H and O–H groups in total. The minimum absolute atomic E-state index is 0.140. The Morgan fingerprint density at radius 2 is 2.18 bits per heavy atom. The molecule has 0 bridgehead atoms. The third-order valence-corrected chi connectivity index (χ3v) is 5.39. The van der Waals surface area contributed by atoms with Crippen LogP contribution in [0, 0.1) is 0 Å². The van der Waals surface area contributed by atoms with Crippen LogP contribution in [-0.2, 0) is 9.47 Å². The number of ether oxygens (including phenoxy) is 2. The predicted molar refractivity (Wildman–Crippen MR) is 110 cm³/mol. The van der Waals surface area contributed by atoms with Crippen molar-refractivity contribution in [3.05, 3.63) is 48.6 Å². The first-order valence-electron chi connectivity index (χ1n) is 9.58. The van der Waals surface area contributed by atoms with Crippen molar-refractivity contribution in [1.29, 1.82) is 0 Å². The molecule has 2 aliphatic rings. The topological polar surface area (TPSA) is 84.9 Å². The lowest BCUT2D eigenvalue weighted by Crippen LogP contribution is -2.58. The summed E-state index contributed by atoms with van der Waals surface area (Å²) >= 11 is 1.11. The number of nitrogens with one attached hydrogen (secondary N) is 1. The van der Waals surface area contributed by atoms with E-state index >= 15 is 0 Å². The highest BCUT2D eigenvalue weighted by atomic mass is 32.2. The standard InChI is InChI=1S/C16H19NO5S.C5H10/c1-10-7-12(21-14(18)11-5-3-2-4-6-11)8-16(20,22-10)13-9-23-15(19)17-13;1-3-5-4-2/h2-6,10,12-13,20H,7-9H2,1H3,(H,17,19);3H,1,4-5H2,2H3/t10-,12-,13+,16-;/m1./s1. The second-order valence-electron chi connectivity index (χ2n) is 6.98. The largest absolute Gasteiger partial charge is 0.458 e. The van der Waals surface area contributed by atoms with Gasteiger partial charge in [0.05, 0.1) is 17.7 Å². The third kappa shape index (κ3) is 6.36. The number of carbonyl (C=O) groups is 2. The van der Waals surface area contributed by atoms with Crippen LogP contribution in [0.25, 0.3) is 0 Å². The van der Waals surface area contributed by atoms with E-state index in [1.165, 1.54) is 6.42 Å². The van der Waals surface area contributed by atoms with E-state index in [0.29, 0.717) is 17.7 Å². The molecule has 2 saturated heterocycles. The fourth-order valence-corrected chi connectivity index (χ4v) is 4.05. The maximum Gasteiger partial charge on any atom is 0.338 e. The average Bonchev–Trinajstić information content (AvgIpc) is 3.10. The number of hydrogen-bond acceptors (Lipinski definition) is 6.